The molecule has 0 saturated heterocycles. The number of hydrogen-bond donors (Lipinski definition) is 1. The summed E-state index contributed by atoms with van der Waals surface area (Å²) >= 11 is 0. The van der Waals surface area contributed by atoms with Crippen LogP contribution in [0.3, 0.4) is 0 Å². The number of nitrogens with one attached hydrogen (secondary N) is 1. The molecular weight excluding hydrogens is 202 g/mol. The molecule has 0 aliphatic rings. The second kappa shape index (κ2) is 9.36. The monoisotopic (exact) mass is 225 g/mol. The van der Waals surface area contributed by atoms with Crippen LogP contribution in [0.5, 0.6) is 0 Å². The summed E-state index contributed by atoms with van der Waals surface area (Å²) in [7, 11) is 0. The second-order valence-electron chi connectivity index (χ2n) is 3.87. The minimum atomic E-state index is 0.829. The number of aromatic nitrogens is 2. The molecule has 1 aromatic heterocycles. The molecule has 0 aromatic carbocycles. The van der Waals surface area contributed by atoms with Gasteiger partial charge in [-0.2, -0.15) is 0 Å². The fourth-order valence-electron chi connectivity index (χ4n) is 1.48. The molecule has 0 aliphatic heterocycles. The molecule has 0 atom stereocenters. The Kier molecular flexibility index (Phi) is 7.72. The molecule has 0 aliphatic carbocycles. The zero-order valence-corrected chi connectivity index (χ0v) is 10.2. The number of hydrogen-bond acceptors (Lipinski definition) is 3. The van der Waals surface area contributed by atoms with Gasteiger partial charge < -0.3 is 14.6 Å². The Labute approximate surface area is 98.0 Å². The molecule has 0 radical (unpaired) electrons. The summed E-state index contributed by atoms with van der Waals surface area (Å²) in [5, 5.41) is 3.37. The van der Waals surface area contributed by atoms with Gasteiger partial charge in [0.2, 0.25) is 0 Å². The van der Waals surface area contributed by atoms with Gasteiger partial charge in [-0.15, -0.1) is 0 Å². The summed E-state index contributed by atoms with van der Waals surface area (Å²) in [4.78, 5) is 4.01. The number of rotatable bonds is 10. The molecule has 92 valence electrons. The fourth-order valence-corrected chi connectivity index (χ4v) is 1.48. The zero-order chi connectivity index (χ0) is 11.5. The maximum absolute atomic E-state index is 5.37. The quantitative estimate of drug-likeness (QED) is 0.616. The van der Waals surface area contributed by atoms with Crippen LogP contribution < -0.4 is 5.32 Å². The zero-order valence-electron chi connectivity index (χ0n) is 10.2. The SMILES string of the molecule is CCCOCCNCCCCn1ccnc1. The number of unbranched alkanes of at least 4 members (excludes halogenated alkanes) is 1. The van der Waals surface area contributed by atoms with Crippen LogP contribution in [0.4, 0.5) is 0 Å². The lowest BCUT2D eigenvalue weighted by molar-refractivity contribution is 0.136. The fraction of sp³-hybridized carbons (Fsp3) is 0.750. The van der Waals surface area contributed by atoms with E-state index >= 15 is 0 Å². The van der Waals surface area contributed by atoms with Gasteiger partial charge in [-0.05, 0) is 25.8 Å². The average molecular weight is 225 g/mol. The van der Waals surface area contributed by atoms with E-state index in [0.29, 0.717) is 0 Å². The largest absolute Gasteiger partial charge is 0.380 e. The van der Waals surface area contributed by atoms with Crippen molar-refractivity contribution in [2.75, 3.05) is 26.3 Å². The van der Waals surface area contributed by atoms with Crippen molar-refractivity contribution >= 4 is 0 Å². The Balaban J connectivity index is 1.78. The van der Waals surface area contributed by atoms with Crippen molar-refractivity contribution in [1.29, 1.82) is 0 Å². The molecule has 0 spiro atoms. The Morgan fingerprint density at radius 1 is 1.25 bits per heavy atom. The van der Waals surface area contributed by atoms with Gasteiger partial charge in [0.05, 0.1) is 12.9 Å². The van der Waals surface area contributed by atoms with Crippen LogP contribution in [0.2, 0.25) is 0 Å². The number of imidazole rings is 1. The molecule has 4 nitrogen and oxygen atoms in total. The van der Waals surface area contributed by atoms with Crippen LogP contribution in [0.15, 0.2) is 18.7 Å². The first-order valence-electron chi connectivity index (χ1n) is 6.17. The first-order valence-corrected chi connectivity index (χ1v) is 6.17. The topological polar surface area (TPSA) is 39.1 Å². The van der Waals surface area contributed by atoms with Crippen molar-refractivity contribution in [1.82, 2.24) is 14.9 Å². The van der Waals surface area contributed by atoms with E-state index in [1.54, 1.807) is 0 Å². The molecule has 16 heavy (non-hydrogen) atoms. The first-order chi connectivity index (χ1) is 7.93. The predicted molar refractivity (Wildman–Crippen MR) is 65.4 cm³/mol. The van der Waals surface area contributed by atoms with E-state index in [1.165, 1.54) is 12.8 Å². The van der Waals surface area contributed by atoms with Crippen LogP contribution in [-0.2, 0) is 11.3 Å². The molecule has 1 heterocycles. The number of nitrogens with zero attached hydrogens (tertiary/aromatic N) is 2. The van der Waals surface area contributed by atoms with E-state index in [2.05, 4.69) is 21.8 Å². The second-order valence-corrected chi connectivity index (χ2v) is 3.87. The Morgan fingerprint density at radius 2 is 2.19 bits per heavy atom. The van der Waals surface area contributed by atoms with Crippen LogP contribution in [-0.4, -0.2) is 35.9 Å². The highest BCUT2D eigenvalue weighted by Gasteiger charge is 1.91. The molecule has 1 rings (SSSR count). The van der Waals surface area contributed by atoms with Crippen molar-refractivity contribution in [2.45, 2.75) is 32.7 Å². The van der Waals surface area contributed by atoms with Crippen molar-refractivity contribution < 1.29 is 4.74 Å². The Hall–Kier alpha value is -0.870. The minimum absolute atomic E-state index is 0.829. The van der Waals surface area contributed by atoms with Gasteiger partial charge in [0.15, 0.2) is 0 Å². The van der Waals surface area contributed by atoms with E-state index in [4.69, 9.17) is 4.74 Å². The summed E-state index contributed by atoms with van der Waals surface area (Å²) in [6, 6.07) is 0. The molecule has 0 fully saturated rings. The third-order valence-corrected chi connectivity index (χ3v) is 2.35. The van der Waals surface area contributed by atoms with E-state index in [0.717, 1.165) is 39.3 Å². The molecule has 4 heteroatoms. The van der Waals surface area contributed by atoms with E-state index < -0.39 is 0 Å². The third kappa shape index (κ3) is 6.58. The lowest BCUT2D eigenvalue weighted by Crippen LogP contribution is -2.21. The molecule has 1 N–H and O–H groups in total. The molecule has 0 bridgehead atoms. The highest BCUT2D eigenvalue weighted by Crippen LogP contribution is 1.93. The van der Waals surface area contributed by atoms with Crippen molar-refractivity contribution in [3.8, 4) is 0 Å². The molecule has 1 aromatic rings. The van der Waals surface area contributed by atoms with Gasteiger partial charge in [-0.1, -0.05) is 6.92 Å². The van der Waals surface area contributed by atoms with Gasteiger partial charge in [-0.25, -0.2) is 4.98 Å². The smallest absolute Gasteiger partial charge is 0.0945 e. The molecular formula is C12H23N3O. The van der Waals surface area contributed by atoms with Crippen molar-refractivity contribution in [3.63, 3.8) is 0 Å². The van der Waals surface area contributed by atoms with Crippen molar-refractivity contribution in [2.24, 2.45) is 0 Å². The predicted octanol–water partition coefficient (Wildman–Crippen LogP) is 1.68. The minimum Gasteiger partial charge on any atom is -0.380 e. The standard InChI is InChI=1S/C12H23N3O/c1-2-10-16-11-7-13-5-3-4-8-15-9-6-14-12-15/h6,9,12-13H,2-5,7-8,10-11H2,1H3. The highest BCUT2D eigenvalue weighted by atomic mass is 16.5. The van der Waals surface area contributed by atoms with E-state index in [-0.39, 0.29) is 0 Å². The normalized spacial score (nSPS) is 10.8. The van der Waals surface area contributed by atoms with E-state index in [9.17, 15) is 0 Å². The maximum atomic E-state index is 5.37. The van der Waals surface area contributed by atoms with Gasteiger partial charge >= 0.3 is 0 Å². The van der Waals surface area contributed by atoms with E-state index in [1.807, 2.05) is 18.7 Å². The lowest BCUT2D eigenvalue weighted by atomic mass is 10.3. The van der Waals surface area contributed by atoms with Gasteiger partial charge in [0, 0.05) is 32.1 Å². The first kappa shape index (κ1) is 13.2. The third-order valence-electron chi connectivity index (χ3n) is 2.35. The van der Waals surface area contributed by atoms with Gasteiger partial charge in [-0.3, -0.25) is 0 Å². The van der Waals surface area contributed by atoms with Crippen LogP contribution in [0.1, 0.15) is 26.2 Å². The Morgan fingerprint density at radius 3 is 2.94 bits per heavy atom. The summed E-state index contributed by atoms with van der Waals surface area (Å²) in [5.74, 6) is 0. The van der Waals surface area contributed by atoms with Gasteiger partial charge in [0.1, 0.15) is 0 Å². The number of ether oxygens (including phenoxy) is 1. The molecule has 0 unspecified atom stereocenters. The summed E-state index contributed by atoms with van der Waals surface area (Å²) < 4.78 is 7.49. The summed E-state index contributed by atoms with van der Waals surface area (Å²) in [6.45, 7) is 6.93. The van der Waals surface area contributed by atoms with Crippen molar-refractivity contribution in [3.05, 3.63) is 18.7 Å². The average Bonchev–Trinajstić information content (AvgIpc) is 2.80. The van der Waals surface area contributed by atoms with Crippen LogP contribution >= 0.6 is 0 Å². The summed E-state index contributed by atoms with van der Waals surface area (Å²) in [6.07, 6.45) is 9.19. The van der Waals surface area contributed by atoms with Gasteiger partial charge in [0.25, 0.3) is 0 Å². The molecule has 0 saturated carbocycles. The highest BCUT2D eigenvalue weighted by molar-refractivity contribution is 4.73. The number of aryl methyl sites for hydroxylation is 1. The van der Waals surface area contributed by atoms with Crippen LogP contribution in [0, 0.1) is 0 Å². The Bertz CT molecular complexity index is 236. The molecule has 0 amide bonds. The lowest BCUT2D eigenvalue weighted by Gasteiger charge is -2.05. The van der Waals surface area contributed by atoms with Crippen LogP contribution in [0.25, 0.3) is 0 Å². The summed E-state index contributed by atoms with van der Waals surface area (Å²) in [5.41, 5.74) is 0. The maximum Gasteiger partial charge on any atom is 0.0945 e.